The Kier molecular flexibility index (Phi) is 7.20. The zero-order valence-corrected chi connectivity index (χ0v) is 19.5. The normalized spacial score (nSPS) is 15.5. The highest BCUT2D eigenvalue weighted by Crippen LogP contribution is 2.27. The van der Waals surface area contributed by atoms with Crippen LogP contribution in [0.5, 0.6) is 0 Å². The minimum absolute atomic E-state index is 0.0564. The lowest BCUT2D eigenvalue weighted by atomic mass is 9.96. The second-order valence-electron chi connectivity index (χ2n) is 7.65. The van der Waals surface area contributed by atoms with Crippen molar-refractivity contribution in [2.45, 2.75) is 61.9 Å². The summed E-state index contributed by atoms with van der Waals surface area (Å²) < 4.78 is 29.0. The number of amides is 1. The Labute approximate surface area is 182 Å². The molecule has 0 aliphatic heterocycles. The van der Waals surface area contributed by atoms with E-state index in [0.29, 0.717) is 5.03 Å². The number of aryl methyl sites for hydroxylation is 2. The van der Waals surface area contributed by atoms with Gasteiger partial charge in [-0.2, -0.15) is 9.40 Å². The van der Waals surface area contributed by atoms with Crippen LogP contribution in [0.25, 0.3) is 0 Å². The lowest BCUT2D eigenvalue weighted by molar-refractivity contribution is -0.113. The topological polar surface area (TPSA) is 97.2 Å². The summed E-state index contributed by atoms with van der Waals surface area (Å²) in [6.07, 6.45) is 6.50. The first-order chi connectivity index (χ1) is 14.2. The van der Waals surface area contributed by atoms with Crippen LogP contribution < -0.4 is 5.32 Å². The van der Waals surface area contributed by atoms with Crippen molar-refractivity contribution >= 4 is 33.4 Å². The van der Waals surface area contributed by atoms with Gasteiger partial charge in [-0.05, 0) is 38.8 Å². The summed E-state index contributed by atoms with van der Waals surface area (Å²) in [6, 6.07) is 3.28. The molecule has 0 spiro atoms. The van der Waals surface area contributed by atoms with E-state index in [0.717, 1.165) is 42.8 Å². The van der Waals surface area contributed by atoms with E-state index in [2.05, 4.69) is 15.4 Å². The predicted molar refractivity (Wildman–Crippen MR) is 118 cm³/mol. The zero-order valence-electron chi connectivity index (χ0n) is 17.9. The Morgan fingerprint density at radius 2 is 1.97 bits per heavy atom. The number of carbonyl (C=O) groups excluding carboxylic acids is 1. The number of sulfonamides is 1. The molecule has 0 radical (unpaired) electrons. The Morgan fingerprint density at radius 1 is 1.27 bits per heavy atom. The molecule has 0 unspecified atom stereocenters. The summed E-state index contributed by atoms with van der Waals surface area (Å²) in [6.45, 7) is 3.74. The molecule has 1 aliphatic carbocycles. The molecule has 2 heterocycles. The van der Waals surface area contributed by atoms with Crippen molar-refractivity contribution < 1.29 is 13.2 Å². The number of carbonyl (C=O) groups is 1. The highest BCUT2D eigenvalue weighted by molar-refractivity contribution is 7.99. The van der Waals surface area contributed by atoms with Crippen LogP contribution in [0.15, 0.2) is 28.3 Å². The number of thioether (sulfide) groups is 1. The highest BCUT2D eigenvalue weighted by atomic mass is 32.2. The number of rotatable bonds is 7. The fourth-order valence-electron chi connectivity index (χ4n) is 3.68. The Balaban J connectivity index is 1.59. The minimum atomic E-state index is -3.56. The molecule has 0 bridgehead atoms. The van der Waals surface area contributed by atoms with Crippen LogP contribution in [-0.2, 0) is 21.9 Å². The van der Waals surface area contributed by atoms with Crippen LogP contribution in [0.3, 0.4) is 0 Å². The van der Waals surface area contributed by atoms with Gasteiger partial charge in [-0.3, -0.25) is 9.48 Å². The smallest absolute Gasteiger partial charge is 0.244 e. The summed E-state index contributed by atoms with van der Waals surface area (Å²) >= 11 is 1.26. The van der Waals surface area contributed by atoms with Gasteiger partial charge in [0.15, 0.2) is 0 Å². The highest BCUT2D eigenvalue weighted by Gasteiger charge is 2.29. The van der Waals surface area contributed by atoms with Crippen LogP contribution in [0.2, 0.25) is 0 Å². The van der Waals surface area contributed by atoms with Gasteiger partial charge in [-0.25, -0.2) is 13.4 Å². The average Bonchev–Trinajstić information content (AvgIpc) is 2.98. The van der Waals surface area contributed by atoms with E-state index < -0.39 is 10.0 Å². The molecule has 2 aromatic heterocycles. The molecule has 2 aromatic rings. The molecule has 164 valence electrons. The fraction of sp³-hybridized carbons (Fsp3) is 0.550. The summed E-state index contributed by atoms with van der Waals surface area (Å²) in [5.41, 5.74) is 2.38. The molecule has 0 saturated heterocycles. The van der Waals surface area contributed by atoms with E-state index in [1.165, 1.54) is 28.7 Å². The van der Waals surface area contributed by atoms with Crippen molar-refractivity contribution in [2.24, 2.45) is 7.05 Å². The molecule has 0 atom stereocenters. The SMILES string of the molecule is Cc1nn(C)c(C)c1NC(=O)CSc1ccc(S(=O)(=O)N(C)C2CCCCC2)cn1. The summed E-state index contributed by atoms with van der Waals surface area (Å²) in [7, 11) is -0.0767. The maximum absolute atomic E-state index is 12.9. The second-order valence-corrected chi connectivity index (χ2v) is 10.6. The van der Waals surface area contributed by atoms with Gasteiger partial charge in [-0.1, -0.05) is 31.0 Å². The third kappa shape index (κ3) is 5.04. The number of nitrogens with zero attached hydrogens (tertiary/aromatic N) is 4. The fourth-order valence-corrected chi connectivity index (χ4v) is 5.69. The van der Waals surface area contributed by atoms with E-state index in [4.69, 9.17) is 0 Å². The maximum atomic E-state index is 12.9. The first kappa shape index (κ1) is 22.8. The Morgan fingerprint density at radius 3 is 2.53 bits per heavy atom. The van der Waals surface area contributed by atoms with Crippen molar-refractivity contribution in [3.05, 3.63) is 29.7 Å². The lowest BCUT2D eigenvalue weighted by Gasteiger charge is -2.30. The van der Waals surface area contributed by atoms with Gasteiger partial charge in [0, 0.05) is 26.3 Å². The number of aromatic nitrogens is 3. The Hall–Kier alpha value is -1.91. The molecular formula is C20H29N5O3S2. The van der Waals surface area contributed by atoms with Crippen LogP contribution >= 0.6 is 11.8 Å². The summed E-state index contributed by atoms with van der Waals surface area (Å²) in [5.74, 6) is 0.0178. The van der Waals surface area contributed by atoms with Crippen molar-refractivity contribution in [3.8, 4) is 0 Å². The van der Waals surface area contributed by atoms with Gasteiger partial charge in [0.1, 0.15) is 4.90 Å². The first-order valence-corrected chi connectivity index (χ1v) is 12.5. The number of nitrogens with one attached hydrogen (secondary N) is 1. The molecule has 1 aliphatic rings. The van der Waals surface area contributed by atoms with Crippen molar-refractivity contribution in [3.63, 3.8) is 0 Å². The first-order valence-electron chi connectivity index (χ1n) is 10.1. The molecule has 1 N–H and O–H groups in total. The zero-order chi connectivity index (χ0) is 21.9. The van der Waals surface area contributed by atoms with Crippen LogP contribution in [0.1, 0.15) is 43.5 Å². The lowest BCUT2D eigenvalue weighted by Crippen LogP contribution is -2.38. The molecule has 30 heavy (non-hydrogen) atoms. The van der Waals surface area contributed by atoms with Gasteiger partial charge in [0.2, 0.25) is 15.9 Å². The summed E-state index contributed by atoms with van der Waals surface area (Å²) in [4.78, 5) is 16.7. The molecule has 3 rings (SSSR count). The van der Waals surface area contributed by atoms with Crippen LogP contribution in [0, 0.1) is 13.8 Å². The Bertz CT molecular complexity index is 996. The van der Waals surface area contributed by atoms with E-state index in [1.54, 1.807) is 23.9 Å². The largest absolute Gasteiger partial charge is 0.322 e. The van der Waals surface area contributed by atoms with E-state index in [9.17, 15) is 13.2 Å². The molecule has 0 aromatic carbocycles. The predicted octanol–water partition coefficient (Wildman–Crippen LogP) is 3.12. The van der Waals surface area contributed by atoms with Crippen LogP contribution in [0.4, 0.5) is 5.69 Å². The third-order valence-corrected chi connectivity index (χ3v) is 8.44. The monoisotopic (exact) mass is 451 g/mol. The molecule has 1 saturated carbocycles. The maximum Gasteiger partial charge on any atom is 0.244 e. The molecule has 8 nitrogen and oxygen atoms in total. The standard InChI is InChI=1S/C20H29N5O3S2/c1-14-20(15(2)24(3)23-14)22-18(26)13-29-19-11-10-17(12-21-19)30(27,28)25(4)16-8-6-5-7-9-16/h10-12,16H,5-9,13H2,1-4H3,(H,22,26). The minimum Gasteiger partial charge on any atom is -0.322 e. The quantitative estimate of drug-likeness (QED) is 0.650. The van der Waals surface area contributed by atoms with E-state index in [1.807, 2.05) is 20.9 Å². The number of hydrogen-bond donors (Lipinski definition) is 1. The third-order valence-electron chi connectivity index (χ3n) is 5.60. The van der Waals surface area contributed by atoms with E-state index in [-0.39, 0.29) is 22.6 Å². The van der Waals surface area contributed by atoms with Gasteiger partial charge in [-0.15, -0.1) is 0 Å². The van der Waals surface area contributed by atoms with Gasteiger partial charge in [0.05, 0.1) is 27.9 Å². The number of anilines is 1. The van der Waals surface area contributed by atoms with Gasteiger partial charge in [0.25, 0.3) is 0 Å². The average molecular weight is 452 g/mol. The molecule has 1 fully saturated rings. The van der Waals surface area contributed by atoms with Gasteiger partial charge >= 0.3 is 0 Å². The molecule has 10 heteroatoms. The number of hydrogen-bond acceptors (Lipinski definition) is 6. The summed E-state index contributed by atoms with van der Waals surface area (Å²) in [5, 5.41) is 7.77. The van der Waals surface area contributed by atoms with Gasteiger partial charge < -0.3 is 5.32 Å². The number of pyridine rings is 1. The second kappa shape index (κ2) is 9.49. The van der Waals surface area contributed by atoms with E-state index >= 15 is 0 Å². The van der Waals surface area contributed by atoms with Crippen molar-refractivity contribution in [2.75, 3.05) is 18.1 Å². The van der Waals surface area contributed by atoms with Crippen LogP contribution in [-0.4, -0.2) is 52.2 Å². The van der Waals surface area contributed by atoms with Crippen molar-refractivity contribution in [1.82, 2.24) is 19.1 Å². The van der Waals surface area contributed by atoms with Crippen molar-refractivity contribution in [1.29, 1.82) is 0 Å². The molecule has 1 amide bonds. The molecular weight excluding hydrogens is 422 g/mol.